The lowest BCUT2D eigenvalue weighted by Crippen LogP contribution is -2.15. The van der Waals surface area contributed by atoms with Gasteiger partial charge in [-0.15, -0.1) is 0 Å². The van der Waals surface area contributed by atoms with Gasteiger partial charge in [-0.05, 0) is 0 Å². The lowest BCUT2D eigenvalue weighted by molar-refractivity contribution is 0.237. The van der Waals surface area contributed by atoms with Gasteiger partial charge >= 0.3 is 0 Å². The molecule has 0 aromatic heterocycles. The highest BCUT2D eigenvalue weighted by Gasteiger charge is 2.39. The molecule has 0 aliphatic carbocycles. The summed E-state index contributed by atoms with van der Waals surface area (Å²) < 4.78 is 79.9. The van der Waals surface area contributed by atoms with Crippen molar-refractivity contribution in [2.75, 3.05) is 21.3 Å². The number of hydrogen-bond donors (Lipinski definition) is 0. The van der Waals surface area contributed by atoms with Crippen molar-refractivity contribution in [3.63, 3.8) is 0 Å². The van der Waals surface area contributed by atoms with E-state index in [1.54, 1.807) is 0 Å². The number of benzene rings is 1. The van der Waals surface area contributed by atoms with Gasteiger partial charge in [-0.25, -0.2) is 22.0 Å². The average molecular weight is 292 g/mol. The van der Waals surface area contributed by atoms with Gasteiger partial charge in [-0.1, -0.05) is 0 Å². The van der Waals surface area contributed by atoms with Gasteiger partial charge in [0.2, 0.25) is 5.82 Å². The van der Waals surface area contributed by atoms with Gasteiger partial charge in [0.15, 0.2) is 23.3 Å². The number of hydrogen-bond acceptors (Lipinski definition) is 3. The van der Waals surface area contributed by atoms with Crippen LogP contribution in [0.2, 0.25) is 0 Å². The van der Waals surface area contributed by atoms with Crippen LogP contribution in [0.15, 0.2) is 4.90 Å². The van der Waals surface area contributed by atoms with Crippen LogP contribution in [0.1, 0.15) is 0 Å². The summed E-state index contributed by atoms with van der Waals surface area (Å²) in [5.74, 6) is -10.5. The summed E-state index contributed by atoms with van der Waals surface area (Å²) >= 11 is 0. The van der Waals surface area contributed by atoms with E-state index in [2.05, 4.69) is 12.5 Å². The third kappa shape index (κ3) is 2.07. The molecule has 0 amide bonds. The SMILES string of the molecule is COS(OC)(OC)c1c(F)c(F)c(F)c(F)c1F. The fourth-order valence-electron chi connectivity index (χ4n) is 1.26. The van der Waals surface area contributed by atoms with Crippen molar-refractivity contribution < 1.29 is 34.5 Å². The first-order valence-electron chi connectivity index (χ1n) is 4.37. The standard InChI is InChI=1S/C9H9F5O3S/c1-15-18(16-2,17-3)9-7(13)5(11)4(10)6(12)8(9)14/h1-3H3. The largest absolute Gasteiger partial charge is 0.292 e. The Kier molecular flexibility index (Phi) is 4.54. The Morgan fingerprint density at radius 2 is 0.889 bits per heavy atom. The zero-order chi connectivity index (χ0) is 14.1. The summed E-state index contributed by atoms with van der Waals surface area (Å²) in [5.41, 5.74) is 0. The molecular weight excluding hydrogens is 283 g/mol. The van der Waals surface area contributed by atoms with Crippen LogP contribution in [-0.2, 0) is 12.5 Å². The molecule has 0 spiro atoms. The van der Waals surface area contributed by atoms with Crippen molar-refractivity contribution in [3.05, 3.63) is 29.1 Å². The van der Waals surface area contributed by atoms with E-state index in [-0.39, 0.29) is 0 Å². The molecule has 0 aliphatic heterocycles. The maximum atomic E-state index is 13.5. The van der Waals surface area contributed by atoms with E-state index in [4.69, 9.17) is 0 Å². The Morgan fingerprint density at radius 1 is 0.611 bits per heavy atom. The maximum absolute atomic E-state index is 13.5. The monoisotopic (exact) mass is 292 g/mol. The summed E-state index contributed by atoms with van der Waals surface area (Å²) in [4.78, 5) is -1.27. The van der Waals surface area contributed by atoms with Gasteiger partial charge in [0.05, 0.1) is 21.3 Å². The molecule has 0 atom stereocenters. The van der Waals surface area contributed by atoms with Crippen LogP contribution in [0.5, 0.6) is 0 Å². The molecule has 0 heterocycles. The highest BCUT2D eigenvalue weighted by Crippen LogP contribution is 2.59. The molecule has 104 valence electrons. The molecule has 3 nitrogen and oxygen atoms in total. The maximum Gasteiger partial charge on any atom is 0.200 e. The molecule has 0 saturated heterocycles. The fraction of sp³-hybridized carbons (Fsp3) is 0.333. The predicted octanol–water partition coefficient (Wildman–Crippen LogP) is 3.23. The van der Waals surface area contributed by atoms with Crippen LogP contribution in [0.4, 0.5) is 22.0 Å². The van der Waals surface area contributed by atoms with E-state index in [0.29, 0.717) is 0 Å². The van der Waals surface area contributed by atoms with E-state index in [1.165, 1.54) is 0 Å². The van der Waals surface area contributed by atoms with Crippen LogP contribution in [0, 0.1) is 29.1 Å². The molecule has 0 fully saturated rings. The molecule has 9 heteroatoms. The fourth-order valence-corrected chi connectivity index (χ4v) is 2.78. The zero-order valence-electron chi connectivity index (χ0n) is 9.52. The molecule has 1 aromatic rings. The Morgan fingerprint density at radius 3 is 1.17 bits per heavy atom. The third-order valence-corrected chi connectivity index (χ3v) is 4.25. The first-order chi connectivity index (χ1) is 8.36. The second-order valence-corrected chi connectivity index (χ2v) is 5.17. The average Bonchev–Trinajstić information content (AvgIpc) is 2.39. The molecule has 1 rings (SSSR count). The first-order valence-corrected chi connectivity index (χ1v) is 5.78. The van der Waals surface area contributed by atoms with E-state index >= 15 is 0 Å². The summed E-state index contributed by atoms with van der Waals surface area (Å²) in [7, 11) is -0.633. The highest BCUT2D eigenvalue weighted by atomic mass is 32.3. The van der Waals surface area contributed by atoms with Gasteiger partial charge in [-0.2, -0.15) is 0 Å². The molecule has 0 saturated carbocycles. The topological polar surface area (TPSA) is 27.7 Å². The predicted molar refractivity (Wildman–Crippen MR) is 53.1 cm³/mol. The third-order valence-electron chi connectivity index (χ3n) is 2.08. The van der Waals surface area contributed by atoms with Crippen molar-refractivity contribution >= 4 is 10.9 Å². The molecular formula is C9H9F5O3S. The van der Waals surface area contributed by atoms with E-state index in [0.717, 1.165) is 21.3 Å². The van der Waals surface area contributed by atoms with Crippen molar-refractivity contribution in [1.82, 2.24) is 0 Å². The van der Waals surface area contributed by atoms with Crippen LogP contribution in [0.3, 0.4) is 0 Å². The summed E-state index contributed by atoms with van der Waals surface area (Å²) in [6, 6.07) is 0. The van der Waals surface area contributed by atoms with Crippen molar-refractivity contribution in [1.29, 1.82) is 0 Å². The Bertz CT molecular complexity index is 427. The van der Waals surface area contributed by atoms with E-state index in [9.17, 15) is 22.0 Å². The lowest BCUT2D eigenvalue weighted by Gasteiger charge is -2.33. The summed E-state index contributed by atoms with van der Waals surface area (Å²) in [6.07, 6.45) is 0. The van der Waals surface area contributed by atoms with Gasteiger partial charge in [0.1, 0.15) is 15.8 Å². The molecule has 0 radical (unpaired) electrons. The minimum absolute atomic E-state index is 0.959. The number of halogens is 5. The summed E-state index contributed by atoms with van der Waals surface area (Å²) in [5, 5.41) is 0. The normalized spacial score (nSPS) is 12.9. The van der Waals surface area contributed by atoms with Gasteiger partial charge in [0.25, 0.3) is 0 Å². The Labute approximate surface area is 101 Å². The minimum atomic E-state index is -3.51. The summed E-state index contributed by atoms with van der Waals surface area (Å²) in [6.45, 7) is 0. The first kappa shape index (κ1) is 15.2. The quantitative estimate of drug-likeness (QED) is 0.484. The molecule has 0 unspecified atom stereocenters. The van der Waals surface area contributed by atoms with Gasteiger partial charge in [-0.3, -0.25) is 12.5 Å². The van der Waals surface area contributed by atoms with Crippen molar-refractivity contribution in [2.45, 2.75) is 4.90 Å². The van der Waals surface area contributed by atoms with Crippen LogP contribution in [0.25, 0.3) is 0 Å². The smallest absolute Gasteiger partial charge is 0.200 e. The second kappa shape index (κ2) is 5.39. The van der Waals surface area contributed by atoms with E-state index in [1.807, 2.05) is 0 Å². The molecule has 0 bridgehead atoms. The minimum Gasteiger partial charge on any atom is -0.292 e. The van der Waals surface area contributed by atoms with Crippen LogP contribution >= 0.6 is 10.9 Å². The molecule has 0 N–H and O–H groups in total. The molecule has 0 aliphatic rings. The Hall–Kier alpha value is -0.900. The van der Waals surface area contributed by atoms with Gasteiger partial charge < -0.3 is 0 Å². The van der Waals surface area contributed by atoms with E-state index < -0.39 is 44.9 Å². The second-order valence-electron chi connectivity index (χ2n) is 2.85. The van der Waals surface area contributed by atoms with Crippen molar-refractivity contribution in [2.24, 2.45) is 0 Å². The van der Waals surface area contributed by atoms with Crippen molar-refractivity contribution in [3.8, 4) is 0 Å². The lowest BCUT2D eigenvalue weighted by atomic mass is 10.3. The van der Waals surface area contributed by atoms with Crippen LogP contribution in [-0.4, -0.2) is 21.3 Å². The highest BCUT2D eigenvalue weighted by molar-refractivity contribution is 8.21. The molecule has 18 heavy (non-hydrogen) atoms. The molecule has 1 aromatic carbocycles. The van der Waals surface area contributed by atoms with Crippen LogP contribution < -0.4 is 0 Å². The zero-order valence-corrected chi connectivity index (χ0v) is 10.3. The number of rotatable bonds is 4. The van der Waals surface area contributed by atoms with Gasteiger partial charge in [0, 0.05) is 0 Å². The Balaban J connectivity index is 3.69.